The predicted molar refractivity (Wildman–Crippen MR) is 146 cm³/mol. The summed E-state index contributed by atoms with van der Waals surface area (Å²) in [6, 6.07) is 39.9. The number of allylic oxidation sites excluding steroid dienone is 2. The summed E-state index contributed by atoms with van der Waals surface area (Å²) in [6.07, 6.45) is 0. The zero-order valence-corrected chi connectivity index (χ0v) is 19.8. The maximum Gasteiger partial charge on any atom is 0.198 e. The summed E-state index contributed by atoms with van der Waals surface area (Å²) in [7, 11) is 0. The number of anilines is 3. The van der Waals surface area contributed by atoms with E-state index in [2.05, 4.69) is 29.2 Å². The summed E-state index contributed by atoms with van der Waals surface area (Å²) in [5, 5.41) is 1.92. The Morgan fingerprint density at radius 3 is 1.42 bits per heavy atom. The lowest BCUT2D eigenvalue weighted by Crippen LogP contribution is -2.09. The second kappa shape index (κ2) is 8.79. The number of benzene rings is 5. The van der Waals surface area contributed by atoms with Crippen LogP contribution in [0.5, 0.6) is 0 Å². The lowest BCUT2D eigenvalue weighted by atomic mass is 9.98. The number of Topliss-reactive ketones (excluding diaryl/α,β-unsaturated/α-hetero) is 2. The molecule has 0 bridgehead atoms. The van der Waals surface area contributed by atoms with E-state index in [4.69, 9.17) is 0 Å². The van der Waals surface area contributed by atoms with Crippen molar-refractivity contribution in [2.24, 2.45) is 0 Å². The third kappa shape index (κ3) is 3.62. The van der Waals surface area contributed by atoms with Gasteiger partial charge in [0.2, 0.25) is 0 Å². The van der Waals surface area contributed by atoms with Crippen molar-refractivity contribution in [1.82, 2.24) is 0 Å². The Bertz CT molecular complexity index is 1550. The molecule has 0 spiro atoms. The fourth-order valence-electron chi connectivity index (χ4n) is 4.94. The van der Waals surface area contributed by atoms with Gasteiger partial charge in [0, 0.05) is 28.2 Å². The van der Waals surface area contributed by atoms with Crippen molar-refractivity contribution < 1.29 is 9.59 Å². The first-order valence-electron chi connectivity index (χ1n) is 12.0. The van der Waals surface area contributed by atoms with E-state index in [1.165, 1.54) is 0 Å². The van der Waals surface area contributed by atoms with Crippen LogP contribution in [0.4, 0.5) is 17.1 Å². The minimum absolute atomic E-state index is 0.197. The van der Waals surface area contributed by atoms with E-state index < -0.39 is 0 Å². The van der Waals surface area contributed by atoms with E-state index in [0.29, 0.717) is 16.7 Å². The number of carbonyl (C=O) groups excluding carboxylic acids is 2. The van der Waals surface area contributed by atoms with Crippen LogP contribution in [-0.2, 0) is 0 Å². The van der Waals surface area contributed by atoms with Gasteiger partial charge in [0.1, 0.15) is 0 Å². The van der Waals surface area contributed by atoms with E-state index in [1.807, 2.05) is 104 Å². The SMILES string of the molecule is CC(=C1C(=O)c2cc3ccccc3cc2C1=O)c1ccc(N(c2ccccc2)c2ccccc2)cc1. The van der Waals surface area contributed by atoms with Crippen LogP contribution in [0.25, 0.3) is 16.3 Å². The summed E-state index contributed by atoms with van der Waals surface area (Å²) < 4.78 is 0. The molecule has 3 nitrogen and oxygen atoms in total. The summed E-state index contributed by atoms with van der Waals surface area (Å²) in [5.74, 6) is -0.393. The maximum absolute atomic E-state index is 13.3. The van der Waals surface area contributed by atoms with Crippen LogP contribution < -0.4 is 4.90 Å². The molecule has 0 saturated heterocycles. The van der Waals surface area contributed by atoms with Crippen LogP contribution in [-0.4, -0.2) is 11.6 Å². The Kier molecular flexibility index (Phi) is 5.31. The second-order valence-corrected chi connectivity index (χ2v) is 8.96. The first-order valence-corrected chi connectivity index (χ1v) is 12.0. The molecule has 0 fully saturated rings. The van der Waals surface area contributed by atoms with Gasteiger partial charge < -0.3 is 4.90 Å². The van der Waals surface area contributed by atoms with Gasteiger partial charge in [0.25, 0.3) is 0 Å². The number of ketones is 2. The second-order valence-electron chi connectivity index (χ2n) is 8.96. The van der Waals surface area contributed by atoms with Crippen LogP contribution in [0, 0.1) is 0 Å². The highest BCUT2D eigenvalue weighted by Crippen LogP contribution is 2.37. The molecule has 0 saturated carbocycles. The summed E-state index contributed by atoms with van der Waals surface area (Å²) in [6.45, 7) is 1.86. The van der Waals surface area contributed by atoms with Gasteiger partial charge in [-0.15, -0.1) is 0 Å². The first-order chi connectivity index (χ1) is 17.6. The van der Waals surface area contributed by atoms with E-state index in [9.17, 15) is 9.59 Å². The quantitative estimate of drug-likeness (QED) is 0.198. The van der Waals surface area contributed by atoms with E-state index in [-0.39, 0.29) is 17.1 Å². The topological polar surface area (TPSA) is 37.4 Å². The predicted octanol–water partition coefficient (Wildman–Crippen LogP) is 8.16. The van der Waals surface area contributed by atoms with Crippen LogP contribution in [0.2, 0.25) is 0 Å². The van der Waals surface area contributed by atoms with Crippen LogP contribution >= 0.6 is 0 Å². The third-order valence-electron chi connectivity index (χ3n) is 6.79. The van der Waals surface area contributed by atoms with Gasteiger partial charge in [-0.25, -0.2) is 0 Å². The molecule has 1 aliphatic carbocycles. The molecular weight excluding hydrogens is 442 g/mol. The summed E-state index contributed by atoms with van der Waals surface area (Å²) in [5.41, 5.74) is 5.89. The number of para-hydroxylation sites is 2. The number of fused-ring (bicyclic) bond motifs is 2. The van der Waals surface area contributed by atoms with Crippen molar-refractivity contribution in [3.05, 3.63) is 144 Å². The molecule has 6 rings (SSSR count). The van der Waals surface area contributed by atoms with Crippen molar-refractivity contribution in [2.75, 3.05) is 4.90 Å². The first kappa shape index (κ1) is 21.8. The Morgan fingerprint density at radius 2 is 0.944 bits per heavy atom. The summed E-state index contributed by atoms with van der Waals surface area (Å²) in [4.78, 5) is 28.8. The number of rotatable bonds is 4. The Labute approximate surface area is 209 Å². The monoisotopic (exact) mass is 465 g/mol. The molecule has 3 heteroatoms. The largest absolute Gasteiger partial charge is 0.311 e. The van der Waals surface area contributed by atoms with Gasteiger partial charge in [-0.1, -0.05) is 72.8 Å². The minimum Gasteiger partial charge on any atom is -0.311 e. The number of nitrogens with zero attached hydrogens (tertiary/aromatic N) is 1. The fraction of sp³-hybridized carbons (Fsp3) is 0.0303. The van der Waals surface area contributed by atoms with Gasteiger partial charge in [0.05, 0.1) is 5.57 Å². The molecular formula is C33H23NO2. The summed E-state index contributed by atoms with van der Waals surface area (Å²) >= 11 is 0. The average molecular weight is 466 g/mol. The maximum atomic E-state index is 13.3. The lowest BCUT2D eigenvalue weighted by Gasteiger charge is -2.25. The Balaban J connectivity index is 1.40. The van der Waals surface area contributed by atoms with Gasteiger partial charge in [-0.2, -0.15) is 0 Å². The number of carbonyl (C=O) groups is 2. The fourth-order valence-corrected chi connectivity index (χ4v) is 4.94. The molecule has 172 valence electrons. The highest BCUT2D eigenvalue weighted by Gasteiger charge is 2.35. The molecule has 0 radical (unpaired) electrons. The van der Waals surface area contributed by atoms with Gasteiger partial charge in [-0.05, 0) is 77.4 Å². The van der Waals surface area contributed by atoms with E-state index in [1.54, 1.807) is 0 Å². The molecule has 36 heavy (non-hydrogen) atoms. The van der Waals surface area contributed by atoms with E-state index in [0.717, 1.165) is 33.4 Å². The molecule has 0 heterocycles. The molecule has 1 aliphatic rings. The highest BCUT2D eigenvalue weighted by atomic mass is 16.2. The normalized spacial score (nSPS) is 12.6. The molecule has 0 unspecified atom stereocenters. The minimum atomic E-state index is -0.197. The molecule has 0 aliphatic heterocycles. The van der Waals surface area contributed by atoms with Crippen molar-refractivity contribution in [3.8, 4) is 0 Å². The van der Waals surface area contributed by atoms with Crippen molar-refractivity contribution >= 4 is 45.0 Å². The van der Waals surface area contributed by atoms with Crippen LogP contribution in [0.15, 0.2) is 127 Å². The Hall–Kier alpha value is -4.76. The molecule has 0 atom stereocenters. The van der Waals surface area contributed by atoms with Gasteiger partial charge >= 0.3 is 0 Å². The molecule has 0 aromatic heterocycles. The smallest absolute Gasteiger partial charge is 0.198 e. The zero-order chi connectivity index (χ0) is 24.6. The molecule has 0 amide bonds. The number of hydrogen-bond acceptors (Lipinski definition) is 3. The van der Waals surface area contributed by atoms with Crippen LogP contribution in [0.1, 0.15) is 33.2 Å². The van der Waals surface area contributed by atoms with Crippen molar-refractivity contribution in [2.45, 2.75) is 6.92 Å². The van der Waals surface area contributed by atoms with Crippen molar-refractivity contribution in [1.29, 1.82) is 0 Å². The van der Waals surface area contributed by atoms with Crippen LogP contribution in [0.3, 0.4) is 0 Å². The Morgan fingerprint density at radius 1 is 0.528 bits per heavy atom. The third-order valence-corrected chi connectivity index (χ3v) is 6.79. The van der Waals surface area contributed by atoms with E-state index >= 15 is 0 Å². The molecule has 5 aromatic rings. The van der Waals surface area contributed by atoms with Gasteiger partial charge in [0.15, 0.2) is 11.6 Å². The molecule has 0 N–H and O–H groups in total. The number of hydrogen-bond donors (Lipinski definition) is 0. The highest BCUT2D eigenvalue weighted by molar-refractivity contribution is 6.43. The standard InChI is InChI=1S/C33H23NO2/c1-22(31-32(35)29-20-24-10-8-9-11-25(24)21-30(29)33(31)36)23-16-18-28(19-17-23)34(26-12-4-2-5-13-26)27-14-6-3-7-15-27/h2-21H,1H3. The lowest BCUT2D eigenvalue weighted by molar-refractivity contribution is 0.0990. The zero-order valence-electron chi connectivity index (χ0n) is 19.8. The molecule has 5 aromatic carbocycles. The average Bonchev–Trinajstić information content (AvgIpc) is 3.17. The van der Waals surface area contributed by atoms with Gasteiger partial charge in [-0.3, -0.25) is 9.59 Å². The van der Waals surface area contributed by atoms with Crippen molar-refractivity contribution in [3.63, 3.8) is 0 Å².